The molecule has 0 aliphatic heterocycles. The Kier molecular flexibility index (Phi) is 2.50. The van der Waals surface area contributed by atoms with Crippen molar-refractivity contribution in [1.29, 1.82) is 0 Å². The van der Waals surface area contributed by atoms with E-state index < -0.39 is 0 Å². The van der Waals surface area contributed by atoms with E-state index in [1.165, 1.54) is 11.1 Å². The number of hydrogen-bond donors (Lipinski definition) is 1. The van der Waals surface area contributed by atoms with Gasteiger partial charge in [-0.1, -0.05) is 19.9 Å². The number of rotatable bonds is 1. The number of ether oxygens (including phenoxy) is 1. The first-order chi connectivity index (χ1) is 7.34. The van der Waals surface area contributed by atoms with Crippen LogP contribution < -0.4 is 10.5 Å². The fourth-order valence-electron chi connectivity index (χ4n) is 3.07. The molecule has 1 atom stereocenters. The van der Waals surface area contributed by atoms with Crippen LogP contribution in [0.3, 0.4) is 0 Å². The fraction of sp³-hybridized carbons (Fsp3) is 0.571. The number of fused-ring (bicyclic) bond motifs is 1. The van der Waals surface area contributed by atoms with E-state index in [2.05, 4.69) is 32.9 Å². The van der Waals surface area contributed by atoms with Crippen molar-refractivity contribution >= 4 is 0 Å². The number of hydrogen-bond acceptors (Lipinski definition) is 2. The van der Waals surface area contributed by atoms with Crippen LogP contribution in [0, 0.1) is 0 Å². The lowest BCUT2D eigenvalue weighted by atomic mass is 9.66. The highest BCUT2D eigenvalue weighted by atomic mass is 16.5. The van der Waals surface area contributed by atoms with Gasteiger partial charge in [-0.05, 0) is 48.4 Å². The molecule has 2 heteroatoms. The highest BCUT2D eigenvalue weighted by molar-refractivity contribution is 5.43. The van der Waals surface area contributed by atoms with Gasteiger partial charge in [0.15, 0.2) is 0 Å². The summed E-state index contributed by atoms with van der Waals surface area (Å²) in [5, 5.41) is 0. The molecular weight excluding hydrogens is 198 g/mol. The predicted molar refractivity (Wildman–Crippen MR) is 66.9 cm³/mol. The zero-order valence-corrected chi connectivity index (χ0v) is 10.6. The molecule has 0 spiro atoms. The van der Waals surface area contributed by atoms with Gasteiger partial charge in [0, 0.05) is 5.54 Å². The standard InChI is InChI=1S/C14H21NO/c1-13(2)9-14(3,15)8-10-5-6-11(16-4)7-12(10)13/h5-7H,8-9,15H2,1-4H3. The smallest absolute Gasteiger partial charge is 0.119 e. The summed E-state index contributed by atoms with van der Waals surface area (Å²) >= 11 is 0. The average molecular weight is 219 g/mol. The third-order valence-electron chi connectivity index (χ3n) is 3.49. The summed E-state index contributed by atoms with van der Waals surface area (Å²) in [6, 6.07) is 6.33. The topological polar surface area (TPSA) is 35.2 Å². The van der Waals surface area contributed by atoms with Gasteiger partial charge in [-0.2, -0.15) is 0 Å². The molecule has 0 bridgehead atoms. The lowest BCUT2D eigenvalue weighted by Crippen LogP contribution is -2.48. The molecule has 16 heavy (non-hydrogen) atoms. The molecule has 2 rings (SSSR count). The minimum atomic E-state index is -0.0922. The molecule has 88 valence electrons. The van der Waals surface area contributed by atoms with Crippen LogP contribution in [0.1, 0.15) is 38.3 Å². The fourth-order valence-corrected chi connectivity index (χ4v) is 3.07. The largest absolute Gasteiger partial charge is 0.497 e. The van der Waals surface area contributed by atoms with Gasteiger partial charge < -0.3 is 10.5 Å². The zero-order valence-electron chi connectivity index (χ0n) is 10.6. The van der Waals surface area contributed by atoms with Crippen LogP contribution in [-0.4, -0.2) is 12.6 Å². The van der Waals surface area contributed by atoms with Gasteiger partial charge in [0.05, 0.1) is 7.11 Å². The molecule has 2 nitrogen and oxygen atoms in total. The Bertz CT molecular complexity index is 407. The minimum Gasteiger partial charge on any atom is -0.497 e. The number of methoxy groups -OCH3 is 1. The summed E-state index contributed by atoms with van der Waals surface area (Å²) in [5.74, 6) is 0.937. The van der Waals surface area contributed by atoms with Crippen LogP contribution in [0.2, 0.25) is 0 Å². The molecule has 1 aliphatic carbocycles. The van der Waals surface area contributed by atoms with E-state index in [1.54, 1.807) is 7.11 Å². The SMILES string of the molecule is COc1ccc2c(c1)C(C)(C)CC(C)(N)C2. The summed E-state index contributed by atoms with van der Waals surface area (Å²) in [5.41, 5.74) is 9.09. The Morgan fingerprint density at radius 2 is 1.94 bits per heavy atom. The van der Waals surface area contributed by atoms with Crippen molar-refractivity contribution in [2.45, 2.75) is 44.6 Å². The predicted octanol–water partition coefficient (Wildman–Crippen LogP) is 2.64. The first kappa shape index (κ1) is 11.5. The second-order valence-corrected chi connectivity index (χ2v) is 5.91. The summed E-state index contributed by atoms with van der Waals surface area (Å²) in [7, 11) is 1.71. The molecule has 0 radical (unpaired) electrons. The van der Waals surface area contributed by atoms with E-state index in [9.17, 15) is 0 Å². The third-order valence-corrected chi connectivity index (χ3v) is 3.49. The minimum absolute atomic E-state index is 0.0922. The molecule has 0 fully saturated rings. The van der Waals surface area contributed by atoms with Gasteiger partial charge in [0.25, 0.3) is 0 Å². The van der Waals surface area contributed by atoms with E-state index >= 15 is 0 Å². The van der Waals surface area contributed by atoms with Gasteiger partial charge in [0.1, 0.15) is 5.75 Å². The van der Waals surface area contributed by atoms with Gasteiger partial charge in [0.2, 0.25) is 0 Å². The van der Waals surface area contributed by atoms with E-state index in [0.717, 1.165) is 18.6 Å². The summed E-state index contributed by atoms with van der Waals surface area (Å²) in [6.07, 6.45) is 1.97. The van der Waals surface area contributed by atoms with Gasteiger partial charge in [-0.3, -0.25) is 0 Å². The van der Waals surface area contributed by atoms with Crippen LogP contribution in [-0.2, 0) is 11.8 Å². The Balaban J connectivity index is 2.51. The maximum atomic E-state index is 6.31. The maximum absolute atomic E-state index is 6.31. The Morgan fingerprint density at radius 1 is 1.25 bits per heavy atom. The second kappa shape index (κ2) is 3.49. The van der Waals surface area contributed by atoms with E-state index in [1.807, 2.05) is 6.07 Å². The van der Waals surface area contributed by atoms with E-state index in [0.29, 0.717) is 0 Å². The van der Waals surface area contributed by atoms with Gasteiger partial charge in [-0.25, -0.2) is 0 Å². The molecule has 0 heterocycles. The zero-order chi connectivity index (χ0) is 12.0. The molecule has 0 saturated carbocycles. The van der Waals surface area contributed by atoms with E-state index in [4.69, 9.17) is 10.5 Å². The average Bonchev–Trinajstić information content (AvgIpc) is 2.14. The Hall–Kier alpha value is -1.02. The van der Waals surface area contributed by atoms with Crippen molar-refractivity contribution in [2.24, 2.45) is 5.73 Å². The van der Waals surface area contributed by atoms with Crippen LogP contribution in [0.4, 0.5) is 0 Å². The lowest BCUT2D eigenvalue weighted by Gasteiger charge is -2.42. The van der Waals surface area contributed by atoms with Crippen molar-refractivity contribution in [3.63, 3.8) is 0 Å². The van der Waals surface area contributed by atoms with Crippen molar-refractivity contribution in [1.82, 2.24) is 0 Å². The summed E-state index contributed by atoms with van der Waals surface area (Å²) < 4.78 is 5.29. The van der Waals surface area contributed by atoms with E-state index in [-0.39, 0.29) is 11.0 Å². The van der Waals surface area contributed by atoms with Crippen molar-refractivity contribution in [2.75, 3.05) is 7.11 Å². The van der Waals surface area contributed by atoms with Gasteiger partial charge >= 0.3 is 0 Å². The van der Waals surface area contributed by atoms with Crippen LogP contribution in [0.25, 0.3) is 0 Å². The van der Waals surface area contributed by atoms with Gasteiger partial charge in [-0.15, -0.1) is 0 Å². The number of nitrogens with two attached hydrogens (primary N) is 1. The monoisotopic (exact) mass is 219 g/mol. The molecular formula is C14H21NO. The van der Waals surface area contributed by atoms with Crippen molar-refractivity contribution in [3.8, 4) is 5.75 Å². The molecule has 1 unspecified atom stereocenters. The van der Waals surface area contributed by atoms with Crippen molar-refractivity contribution < 1.29 is 4.74 Å². The van der Waals surface area contributed by atoms with Crippen LogP contribution in [0.5, 0.6) is 5.75 Å². The molecule has 1 aliphatic rings. The van der Waals surface area contributed by atoms with Crippen LogP contribution in [0.15, 0.2) is 18.2 Å². The summed E-state index contributed by atoms with van der Waals surface area (Å²) in [6.45, 7) is 6.66. The first-order valence-electron chi connectivity index (χ1n) is 5.80. The molecule has 0 saturated heterocycles. The maximum Gasteiger partial charge on any atom is 0.119 e. The Labute approximate surface area is 97.8 Å². The highest BCUT2D eigenvalue weighted by Gasteiger charge is 2.37. The quantitative estimate of drug-likeness (QED) is 0.788. The molecule has 2 N–H and O–H groups in total. The number of benzene rings is 1. The summed E-state index contributed by atoms with van der Waals surface area (Å²) in [4.78, 5) is 0. The molecule has 0 amide bonds. The lowest BCUT2D eigenvalue weighted by molar-refractivity contribution is 0.297. The second-order valence-electron chi connectivity index (χ2n) is 5.91. The Morgan fingerprint density at radius 3 is 2.56 bits per heavy atom. The molecule has 0 aromatic heterocycles. The highest BCUT2D eigenvalue weighted by Crippen LogP contribution is 2.41. The molecule has 1 aromatic carbocycles. The normalized spacial score (nSPS) is 27.3. The third kappa shape index (κ3) is 1.94. The molecule has 1 aromatic rings. The van der Waals surface area contributed by atoms with Crippen molar-refractivity contribution in [3.05, 3.63) is 29.3 Å². The first-order valence-corrected chi connectivity index (χ1v) is 5.80. The van der Waals surface area contributed by atoms with Crippen LogP contribution >= 0.6 is 0 Å².